The third-order valence-electron chi connectivity index (χ3n) is 5.92. The van der Waals surface area contributed by atoms with Gasteiger partial charge in [-0.15, -0.1) is 11.3 Å². The van der Waals surface area contributed by atoms with Gasteiger partial charge in [0.1, 0.15) is 10.7 Å². The molecule has 0 saturated heterocycles. The molecule has 0 bridgehead atoms. The van der Waals surface area contributed by atoms with Crippen LogP contribution in [0, 0.1) is 29.1 Å². The van der Waals surface area contributed by atoms with Gasteiger partial charge in [0.05, 0.1) is 10.6 Å². The first-order valence-electron chi connectivity index (χ1n) is 12.2. The molecular weight excluding hydrogens is 434 g/mol. The van der Waals surface area contributed by atoms with E-state index in [0.717, 1.165) is 37.0 Å². The van der Waals surface area contributed by atoms with Crippen molar-refractivity contribution in [3.05, 3.63) is 15.8 Å². The Morgan fingerprint density at radius 3 is 2.33 bits per heavy atom. The van der Waals surface area contributed by atoms with Crippen LogP contribution in [0.25, 0.3) is 0 Å². The van der Waals surface area contributed by atoms with Crippen LogP contribution in [-0.2, 0) is 9.59 Å². The molecule has 0 aliphatic heterocycles. The smallest absolute Gasteiger partial charge is 0.348 e. The third kappa shape index (κ3) is 7.99. The van der Waals surface area contributed by atoms with E-state index in [2.05, 4.69) is 32.6 Å². The molecule has 182 valence electrons. The quantitative estimate of drug-likeness (QED) is 0.413. The van der Waals surface area contributed by atoms with Crippen LogP contribution in [0.15, 0.2) is 6.07 Å². The summed E-state index contributed by atoms with van der Waals surface area (Å²) in [5.74, 6) is 5.78. The maximum absolute atomic E-state index is 13.9. The summed E-state index contributed by atoms with van der Waals surface area (Å²) in [7, 11) is 0. The molecule has 1 aliphatic carbocycles. The van der Waals surface area contributed by atoms with Gasteiger partial charge in [-0.25, -0.2) is 4.79 Å². The minimum Gasteiger partial charge on any atom is -0.477 e. The number of thiophene rings is 1. The first-order chi connectivity index (χ1) is 15.4. The lowest BCUT2D eigenvalue weighted by Gasteiger charge is -2.36. The molecule has 1 aromatic rings. The number of ketones is 1. The molecule has 1 unspecified atom stereocenters. The van der Waals surface area contributed by atoms with Gasteiger partial charge in [0.25, 0.3) is 0 Å². The minimum atomic E-state index is -1.04. The second-order valence-corrected chi connectivity index (χ2v) is 11.6. The van der Waals surface area contributed by atoms with Gasteiger partial charge in [-0.2, -0.15) is 0 Å². The highest BCUT2D eigenvalue weighted by molar-refractivity contribution is 7.15. The van der Waals surface area contributed by atoms with E-state index in [0.29, 0.717) is 42.2 Å². The van der Waals surface area contributed by atoms with Crippen LogP contribution in [-0.4, -0.2) is 28.8 Å². The Labute approximate surface area is 202 Å². The van der Waals surface area contributed by atoms with E-state index in [-0.39, 0.29) is 33.9 Å². The number of Topliss-reactive ketones (excluding diaryl/α,β-unsaturated/α-hetero) is 1. The standard InChI is InChI=1S/C27H39NO4S/c1-7-8-19(10-9-18(2)3)25(30)28(20-11-13-21(29)14-12-20)23-17-22(15-16-27(4,5)6)33-24(23)26(31)32/h17-20H,7-14H2,1-6H3,(H,31,32). The number of hydrogen-bond acceptors (Lipinski definition) is 4. The lowest BCUT2D eigenvalue weighted by Crippen LogP contribution is -2.46. The Kier molecular flexibility index (Phi) is 9.72. The SMILES string of the molecule is CCCC(CCC(C)C)C(=O)N(c1cc(C#CC(C)(C)C)sc1C(=O)O)C1CCC(=O)CC1. The predicted octanol–water partition coefficient (Wildman–Crippen LogP) is 6.54. The van der Waals surface area contributed by atoms with Crippen molar-refractivity contribution in [2.24, 2.45) is 17.3 Å². The fraction of sp³-hybridized carbons (Fsp3) is 0.667. The van der Waals surface area contributed by atoms with Gasteiger partial charge in [-0.1, -0.05) is 45.5 Å². The molecule has 1 atom stereocenters. The average molecular weight is 474 g/mol. The Hall–Kier alpha value is -2.13. The molecule has 33 heavy (non-hydrogen) atoms. The zero-order valence-corrected chi connectivity index (χ0v) is 21.8. The van der Waals surface area contributed by atoms with Gasteiger partial charge in [0, 0.05) is 30.2 Å². The van der Waals surface area contributed by atoms with Crippen LogP contribution in [0.4, 0.5) is 5.69 Å². The summed E-state index contributed by atoms with van der Waals surface area (Å²) >= 11 is 1.13. The van der Waals surface area contributed by atoms with Crippen molar-refractivity contribution in [3.8, 4) is 11.8 Å². The highest BCUT2D eigenvalue weighted by atomic mass is 32.1. The lowest BCUT2D eigenvalue weighted by molar-refractivity contribution is -0.125. The topological polar surface area (TPSA) is 74.7 Å². The summed E-state index contributed by atoms with van der Waals surface area (Å²) in [5, 5.41) is 9.97. The largest absolute Gasteiger partial charge is 0.477 e. The van der Waals surface area contributed by atoms with E-state index in [1.165, 1.54) is 0 Å². The predicted molar refractivity (Wildman–Crippen MR) is 135 cm³/mol. The Morgan fingerprint density at radius 2 is 1.82 bits per heavy atom. The van der Waals surface area contributed by atoms with Crippen molar-refractivity contribution < 1.29 is 19.5 Å². The zero-order valence-electron chi connectivity index (χ0n) is 21.0. The first-order valence-corrected chi connectivity index (χ1v) is 13.0. The molecule has 1 N–H and O–H groups in total. The van der Waals surface area contributed by atoms with E-state index in [9.17, 15) is 19.5 Å². The summed E-state index contributed by atoms with van der Waals surface area (Å²) in [5.41, 5.74) is 0.233. The summed E-state index contributed by atoms with van der Waals surface area (Å²) in [4.78, 5) is 40.6. The molecule has 0 aromatic carbocycles. The van der Waals surface area contributed by atoms with E-state index in [1.54, 1.807) is 11.0 Å². The van der Waals surface area contributed by atoms with Crippen molar-refractivity contribution in [2.45, 2.75) is 99.0 Å². The van der Waals surface area contributed by atoms with Crippen molar-refractivity contribution in [3.63, 3.8) is 0 Å². The number of carboxylic acid groups (broad SMARTS) is 1. The molecular formula is C27H39NO4S. The number of carbonyl (C=O) groups excluding carboxylic acids is 2. The van der Waals surface area contributed by atoms with Crippen LogP contribution < -0.4 is 4.90 Å². The third-order valence-corrected chi connectivity index (χ3v) is 6.95. The number of amides is 1. The monoisotopic (exact) mass is 473 g/mol. The molecule has 1 amide bonds. The molecule has 1 fully saturated rings. The summed E-state index contributed by atoms with van der Waals surface area (Å²) < 4.78 is 0. The minimum absolute atomic E-state index is 0.00696. The molecule has 6 heteroatoms. The second kappa shape index (κ2) is 11.8. The fourth-order valence-corrected chi connectivity index (χ4v) is 5.02. The number of nitrogens with zero attached hydrogens (tertiary/aromatic N) is 1. The number of hydrogen-bond donors (Lipinski definition) is 1. The van der Waals surface area contributed by atoms with Gasteiger partial charge in [0.15, 0.2) is 0 Å². The number of carboxylic acids is 1. The molecule has 0 radical (unpaired) electrons. The van der Waals surface area contributed by atoms with Crippen LogP contribution >= 0.6 is 11.3 Å². The van der Waals surface area contributed by atoms with Gasteiger partial charge >= 0.3 is 5.97 Å². The van der Waals surface area contributed by atoms with Crippen molar-refractivity contribution in [1.82, 2.24) is 0 Å². The zero-order chi connectivity index (χ0) is 24.8. The summed E-state index contributed by atoms with van der Waals surface area (Å²) in [6.45, 7) is 12.4. The van der Waals surface area contributed by atoms with Crippen molar-refractivity contribution in [1.29, 1.82) is 0 Å². The number of rotatable bonds is 9. The van der Waals surface area contributed by atoms with E-state index >= 15 is 0 Å². The molecule has 5 nitrogen and oxygen atoms in total. The average Bonchev–Trinajstić information content (AvgIpc) is 3.14. The number of anilines is 1. The van der Waals surface area contributed by atoms with Gasteiger partial charge < -0.3 is 10.0 Å². The van der Waals surface area contributed by atoms with Gasteiger partial charge in [-0.05, 0) is 58.4 Å². The maximum Gasteiger partial charge on any atom is 0.348 e. The van der Waals surface area contributed by atoms with Crippen molar-refractivity contribution in [2.75, 3.05) is 4.90 Å². The Balaban J connectivity index is 2.53. The van der Waals surface area contributed by atoms with Gasteiger partial charge in [-0.3, -0.25) is 9.59 Å². The molecule has 1 aromatic heterocycles. The molecule has 1 heterocycles. The second-order valence-electron chi connectivity index (χ2n) is 10.6. The lowest BCUT2D eigenvalue weighted by atomic mass is 9.89. The van der Waals surface area contributed by atoms with Crippen molar-refractivity contribution >= 4 is 34.7 Å². The van der Waals surface area contributed by atoms with E-state index < -0.39 is 5.97 Å². The Morgan fingerprint density at radius 1 is 1.18 bits per heavy atom. The highest BCUT2D eigenvalue weighted by Crippen LogP contribution is 2.37. The van der Waals surface area contributed by atoms with Crippen LogP contribution in [0.3, 0.4) is 0 Å². The molecule has 2 rings (SSSR count). The first kappa shape index (κ1) is 27.1. The number of carbonyl (C=O) groups is 3. The van der Waals surface area contributed by atoms with Crippen LogP contribution in [0.5, 0.6) is 0 Å². The van der Waals surface area contributed by atoms with E-state index in [4.69, 9.17) is 0 Å². The highest BCUT2D eigenvalue weighted by Gasteiger charge is 2.36. The molecule has 1 saturated carbocycles. The maximum atomic E-state index is 13.9. The van der Waals surface area contributed by atoms with E-state index in [1.807, 2.05) is 20.8 Å². The summed E-state index contributed by atoms with van der Waals surface area (Å²) in [6.07, 6.45) is 5.42. The van der Waals surface area contributed by atoms with Crippen LogP contribution in [0.1, 0.15) is 107 Å². The molecule has 0 spiro atoms. The molecule has 1 aliphatic rings. The summed E-state index contributed by atoms with van der Waals surface area (Å²) in [6, 6.07) is 1.61. The fourth-order valence-electron chi connectivity index (χ4n) is 4.17. The number of aromatic carboxylic acids is 1. The Bertz CT molecular complexity index is 903. The normalized spacial score (nSPS) is 15.8. The van der Waals surface area contributed by atoms with Gasteiger partial charge in [0.2, 0.25) is 5.91 Å². The van der Waals surface area contributed by atoms with Crippen LogP contribution in [0.2, 0.25) is 0 Å².